The minimum Gasteiger partial charge on any atom is -0.465 e. The first-order valence-electron chi connectivity index (χ1n) is 7.84. The van der Waals surface area contributed by atoms with Gasteiger partial charge in [0.25, 0.3) is 11.1 Å². The third-order valence-electron chi connectivity index (χ3n) is 3.63. The van der Waals surface area contributed by atoms with Crippen LogP contribution in [-0.4, -0.2) is 39.7 Å². The number of halogens is 1. The average Bonchev–Trinajstić information content (AvgIpc) is 3.16. The smallest absolute Gasteiger partial charge is 0.326 e. The van der Waals surface area contributed by atoms with Gasteiger partial charge in [-0.15, -0.1) is 0 Å². The van der Waals surface area contributed by atoms with Crippen LogP contribution in [0.5, 0.6) is 0 Å². The fraction of sp³-hybridized carbons (Fsp3) is 0.167. The summed E-state index contributed by atoms with van der Waals surface area (Å²) in [5.74, 6) is -1.52. The van der Waals surface area contributed by atoms with Crippen LogP contribution >= 0.6 is 11.8 Å². The van der Waals surface area contributed by atoms with Gasteiger partial charge in [0.1, 0.15) is 12.4 Å². The molecule has 1 aromatic carbocycles. The number of hydrogen-bond acceptors (Lipinski definition) is 5. The lowest BCUT2D eigenvalue weighted by Gasteiger charge is -2.11. The van der Waals surface area contributed by atoms with Crippen molar-refractivity contribution in [3.05, 3.63) is 59.0 Å². The number of benzene rings is 1. The maximum absolute atomic E-state index is 13.1. The van der Waals surface area contributed by atoms with Crippen molar-refractivity contribution in [1.29, 1.82) is 0 Å². The highest BCUT2D eigenvalue weighted by molar-refractivity contribution is 8.18. The Labute approximate surface area is 153 Å². The summed E-state index contributed by atoms with van der Waals surface area (Å²) in [6.07, 6.45) is 3.33. The Morgan fingerprint density at radius 1 is 1.23 bits per heavy atom. The maximum atomic E-state index is 13.1. The van der Waals surface area contributed by atoms with Gasteiger partial charge in [-0.2, -0.15) is 0 Å². The van der Waals surface area contributed by atoms with Crippen molar-refractivity contribution < 1.29 is 23.5 Å². The molecule has 2 aromatic rings. The zero-order valence-corrected chi connectivity index (χ0v) is 14.7. The van der Waals surface area contributed by atoms with Gasteiger partial charge in [0.2, 0.25) is 0 Å². The van der Waals surface area contributed by atoms with Crippen molar-refractivity contribution in [2.24, 2.45) is 0 Å². The number of imide groups is 1. The molecule has 2 heterocycles. The van der Waals surface area contributed by atoms with Crippen molar-refractivity contribution in [3.8, 4) is 5.69 Å². The van der Waals surface area contributed by atoms with E-state index in [2.05, 4.69) is 0 Å². The molecule has 134 valence electrons. The Kier molecular flexibility index (Phi) is 5.22. The van der Waals surface area contributed by atoms with Gasteiger partial charge in [0.15, 0.2) is 0 Å². The van der Waals surface area contributed by atoms with Crippen LogP contribution in [0.3, 0.4) is 0 Å². The van der Waals surface area contributed by atoms with E-state index < -0.39 is 23.7 Å². The summed E-state index contributed by atoms with van der Waals surface area (Å²) in [6.45, 7) is 1.42. The number of hydrogen-bond donors (Lipinski definition) is 0. The fourth-order valence-corrected chi connectivity index (χ4v) is 3.28. The topological polar surface area (TPSA) is 68.6 Å². The average molecular weight is 374 g/mol. The minimum absolute atomic E-state index is 0.177. The number of esters is 1. The summed E-state index contributed by atoms with van der Waals surface area (Å²) in [6, 6.07) is 9.44. The monoisotopic (exact) mass is 374 g/mol. The molecule has 0 bridgehead atoms. The van der Waals surface area contributed by atoms with E-state index in [0.29, 0.717) is 11.4 Å². The summed E-state index contributed by atoms with van der Waals surface area (Å²) < 4.78 is 19.6. The van der Waals surface area contributed by atoms with Crippen LogP contribution in [0.15, 0.2) is 47.5 Å². The molecule has 3 rings (SSSR count). The molecule has 0 unspecified atom stereocenters. The number of thioether (sulfide) groups is 1. The number of carbonyl (C=O) groups excluding carboxylic acids is 3. The Morgan fingerprint density at radius 3 is 2.65 bits per heavy atom. The zero-order valence-electron chi connectivity index (χ0n) is 13.8. The number of amides is 2. The first kappa shape index (κ1) is 17.9. The van der Waals surface area contributed by atoms with Gasteiger partial charge in [-0.05, 0) is 61.2 Å². The summed E-state index contributed by atoms with van der Waals surface area (Å²) >= 11 is 0.764. The molecule has 0 radical (unpaired) electrons. The molecule has 26 heavy (non-hydrogen) atoms. The summed E-state index contributed by atoms with van der Waals surface area (Å²) in [5, 5.41) is -0.519. The molecule has 0 N–H and O–H groups in total. The summed E-state index contributed by atoms with van der Waals surface area (Å²) in [4.78, 5) is 37.1. The van der Waals surface area contributed by atoms with Crippen LogP contribution in [-0.2, 0) is 14.3 Å². The van der Waals surface area contributed by atoms with E-state index in [1.54, 1.807) is 48.0 Å². The Bertz CT molecular complexity index is 889. The molecule has 1 aromatic heterocycles. The first-order valence-corrected chi connectivity index (χ1v) is 8.65. The van der Waals surface area contributed by atoms with Gasteiger partial charge in [-0.25, -0.2) is 4.39 Å². The number of nitrogens with zero attached hydrogens (tertiary/aromatic N) is 2. The molecule has 8 heteroatoms. The van der Waals surface area contributed by atoms with E-state index >= 15 is 0 Å². The molecule has 6 nitrogen and oxygen atoms in total. The normalized spacial score (nSPS) is 15.8. The molecule has 0 atom stereocenters. The van der Waals surface area contributed by atoms with Crippen LogP contribution in [0.25, 0.3) is 11.8 Å². The van der Waals surface area contributed by atoms with E-state index in [4.69, 9.17) is 4.74 Å². The van der Waals surface area contributed by atoms with Crippen LogP contribution in [0.2, 0.25) is 0 Å². The number of rotatable bonds is 5. The van der Waals surface area contributed by atoms with E-state index in [0.717, 1.165) is 16.7 Å². The Hall–Kier alpha value is -2.87. The van der Waals surface area contributed by atoms with Crippen molar-refractivity contribution in [2.75, 3.05) is 13.2 Å². The quantitative estimate of drug-likeness (QED) is 0.594. The van der Waals surface area contributed by atoms with Crippen molar-refractivity contribution in [2.45, 2.75) is 6.92 Å². The van der Waals surface area contributed by atoms with Crippen molar-refractivity contribution in [3.63, 3.8) is 0 Å². The fourth-order valence-electron chi connectivity index (χ4n) is 2.45. The van der Waals surface area contributed by atoms with Gasteiger partial charge >= 0.3 is 5.97 Å². The van der Waals surface area contributed by atoms with Crippen LogP contribution in [0.1, 0.15) is 12.6 Å². The van der Waals surface area contributed by atoms with E-state index in [1.165, 1.54) is 12.1 Å². The second-order valence-electron chi connectivity index (χ2n) is 5.35. The van der Waals surface area contributed by atoms with Crippen LogP contribution in [0.4, 0.5) is 9.18 Å². The lowest BCUT2D eigenvalue weighted by molar-refractivity contribution is -0.145. The predicted molar refractivity (Wildman–Crippen MR) is 95.0 cm³/mol. The zero-order chi connectivity index (χ0) is 18.7. The molecular formula is C18H15FN2O4S. The highest BCUT2D eigenvalue weighted by Crippen LogP contribution is 2.32. The van der Waals surface area contributed by atoms with Crippen molar-refractivity contribution in [1.82, 2.24) is 9.47 Å². The lowest BCUT2D eigenvalue weighted by atomic mass is 10.3. The molecule has 1 aliphatic heterocycles. The van der Waals surface area contributed by atoms with Gasteiger partial charge in [0, 0.05) is 17.6 Å². The Morgan fingerprint density at radius 2 is 1.96 bits per heavy atom. The molecular weight excluding hydrogens is 359 g/mol. The molecule has 0 saturated carbocycles. The molecule has 0 spiro atoms. The SMILES string of the molecule is CCOC(=O)CN1C(=O)SC(=Cc2cccn2-c2ccc(F)cc2)C1=O. The third-order valence-corrected chi connectivity index (χ3v) is 4.54. The highest BCUT2D eigenvalue weighted by Gasteiger charge is 2.36. The first-order chi connectivity index (χ1) is 12.5. The summed E-state index contributed by atoms with van der Waals surface area (Å²) in [5.41, 5.74) is 1.37. The molecule has 1 saturated heterocycles. The van der Waals surface area contributed by atoms with E-state index in [1.807, 2.05) is 0 Å². The number of aromatic nitrogens is 1. The molecule has 2 amide bonds. The molecule has 1 aliphatic rings. The minimum atomic E-state index is -0.634. The van der Waals surface area contributed by atoms with E-state index in [-0.39, 0.29) is 17.3 Å². The van der Waals surface area contributed by atoms with E-state index in [9.17, 15) is 18.8 Å². The molecule has 1 fully saturated rings. The second kappa shape index (κ2) is 7.57. The molecule has 0 aliphatic carbocycles. The second-order valence-corrected chi connectivity index (χ2v) is 6.35. The van der Waals surface area contributed by atoms with Gasteiger partial charge in [-0.3, -0.25) is 19.3 Å². The number of carbonyl (C=O) groups is 3. The largest absolute Gasteiger partial charge is 0.465 e. The van der Waals surface area contributed by atoms with Crippen molar-refractivity contribution >= 4 is 35.0 Å². The standard InChI is InChI=1S/C18H15FN2O4S/c1-2-25-16(22)11-21-17(23)15(26-18(21)24)10-14-4-3-9-20(14)13-7-5-12(19)6-8-13/h3-10H,2,11H2,1H3. The third kappa shape index (κ3) is 3.70. The highest BCUT2D eigenvalue weighted by atomic mass is 32.2. The van der Waals surface area contributed by atoms with Gasteiger partial charge in [0.05, 0.1) is 11.5 Å². The van der Waals surface area contributed by atoms with Crippen LogP contribution < -0.4 is 0 Å². The van der Waals surface area contributed by atoms with Gasteiger partial charge in [-0.1, -0.05) is 0 Å². The number of ether oxygens (including phenoxy) is 1. The summed E-state index contributed by atoms with van der Waals surface area (Å²) in [7, 11) is 0. The van der Waals surface area contributed by atoms with Gasteiger partial charge < -0.3 is 9.30 Å². The Balaban J connectivity index is 1.84. The lowest BCUT2D eigenvalue weighted by Crippen LogP contribution is -2.34. The maximum Gasteiger partial charge on any atom is 0.326 e. The predicted octanol–water partition coefficient (Wildman–Crippen LogP) is 3.22. The van der Waals surface area contributed by atoms with Crippen LogP contribution in [0, 0.1) is 5.82 Å².